The Morgan fingerprint density at radius 2 is 2.33 bits per heavy atom. The van der Waals surface area contributed by atoms with Crippen molar-refractivity contribution < 1.29 is 4.52 Å². The fourth-order valence-electron chi connectivity index (χ4n) is 1.31. The molecular formula is C10H13N3OS. The first-order chi connectivity index (χ1) is 7.16. The molecule has 0 bridgehead atoms. The summed E-state index contributed by atoms with van der Waals surface area (Å²) in [5.74, 6) is 1.26. The molecule has 80 valence electrons. The molecule has 2 rings (SSSR count). The van der Waals surface area contributed by atoms with Crippen LogP contribution < -0.4 is 5.73 Å². The van der Waals surface area contributed by atoms with Gasteiger partial charge in [-0.05, 0) is 24.8 Å². The van der Waals surface area contributed by atoms with Crippen molar-refractivity contribution >= 4 is 11.3 Å². The van der Waals surface area contributed by atoms with Gasteiger partial charge in [0.25, 0.3) is 0 Å². The zero-order valence-corrected chi connectivity index (χ0v) is 9.54. The van der Waals surface area contributed by atoms with Gasteiger partial charge in [0.15, 0.2) is 0 Å². The van der Waals surface area contributed by atoms with E-state index in [9.17, 15) is 0 Å². The first kappa shape index (κ1) is 10.3. The monoisotopic (exact) mass is 223 g/mol. The van der Waals surface area contributed by atoms with Crippen LogP contribution in [0.2, 0.25) is 0 Å². The van der Waals surface area contributed by atoms with Gasteiger partial charge in [0.2, 0.25) is 11.7 Å². The minimum Gasteiger partial charge on any atom is -0.339 e. The second-order valence-electron chi connectivity index (χ2n) is 3.66. The molecule has 1 atom stereocenters. The van der Waals surface area contributed by atoms with Crippen LogP contribution in [-0.4, -0.2) is 16.2 Å². The summed E-state index contributed by atoms with van der Waals surface area (Å²) in [6.07, 6.45) is 0.621. The predicted molar refractivity (Wildman–Crippen MR) is 59.7 cm³/mol. The fourth-order valence-corrected chi connectivity index (χ4v) is 2.14. The summed E-state index contributed by atoms with van der Waals surface area (Å²) < 4.78 is 5.12. The van der Waals surface area contributed by atoms with E-state index in [2.05, 4.69) is 15.5 Å². The molecule has 0 radical (unpaired) electrons. The minimum absolute atomic E-state index is 0.0434. The van der Waals surface area contributed by atoms with Crippen LogP contribution in [0.1, 0.15) is 18.4 Å². The molecule has 4 nitrogen and oxygen atoms in total. The molecule has 0 amide bonds. The highest BCUT2D eigenvalue weighted by Crippen LogP contribution is 2.24. The van der Waals surface area contributed by atoms with Gasteiger partial charge in [-0.25, -0.2) is 0 Å². The number of hydrogen-bond acceptors (Lipinski definition) is 5. The Bertz CT molecular complexity index is 447. The number of thiophene rings is 1. The lowest BCUT2D eigenvalue weighted by atomic mass is 10.2. The zero-order chi connectivity index (χ0) is 10.8. The molecule has 2 aromatic rings. The van der Waals surface area contributed by atoms with Crippen LogP contribution >= 0.6 is 11.3 Å². The second kappa shape index (κ2) is 4.12. The maximum absolute atomic E-state index is 5.66. The highest BCUT2D eigenvalue weighted by Gasteiger charge is 2.12. The highest BCUT2D eigenvalue weighted by atomic mass is 32.1. The first-order valence-corrected chi connectivity index (χ1v) is 5.72. The van der Waals surface area contributed by atoms with Crippen molar-refractivity contribution in [2.75, 3.05) is 0 Å². The van der Waals surface area contributed by atoms with Crippen LogP contribution in [0.25, 0.3) is 11.4 Å². The van der Waals surface area contributed by atoms with Crippen LogP contribution in [0, 0.1) is 6.92 Å². The van der Waals surface area contributed by atoms with Crippen molar-refractivity contribution in [2.45, 2.75) is 26.3 Å². The molecule has 0 aromatic carbocycles. The van der Waals surface area contributed by atoms with E-state index in [0.717, 1.165) is 5.56 Å². The Hall–Kier alpha value is -1.20. The van der Waals surface area contributed by atoms with Gasteiger partial charge in [-0.2, -0.15) is 16.3 Å². The lowest BCUT2D eigenvalue weighted by Crippen LogP contribution is -2.17. The minimum atomic E-state index is 0.0434. The quantitative estimate of drug-likeness (QED) is 0.864. The Labute approximate surface area is 92.1 Å². The summed E-state index contributed by atoms with van der Waals surface area (Å²) in [5, 5.41) is 8.03. The van der Waals surface area contributed by atoms with Crippen LogP contribution in [0.5, 0.6) is 0 Å². The summed E-state index contributed by atoms with van der Waals surface area (Å²) in [6.45, 7) is 3.95. The number of nitrogens with zero attached hydrogens (tertiary/aromatic N) is 2. The number of aryl methyl sites for hydroxylation is 1. The van der Waals surface area contributed by atoms with Gasteiger partial charge in [-0.1, -0.05) is 5.16 Å². The normalized spacial score (nSPS) is 13.0. The number of nitrogens with two attached hydrogens (primary N) is 1. The van der Waals surface area contributed by atoms with E-state index in [0.29, 0.717) is 18.1 Å². The number of rotatable bonds is 3. The van der Waals surface area contributed by atoms with Gasteiger partial charge in [0, 0.05) is 23.4 Å². The van der Waals surface area contributed by atoms with Crippen LogP contribution in [0.15, 0.2) is 15.3 Å². The average molecular weight is 223 g/mol. The van der Waals surface area contributed by atoms with Crippen molar-refractivity contribution in [1.82, 2.24) is 10.1 Å². The van der Waals surface area contributed by atoms with Crippen molar-refractivity contribution in [2.24, 2.45) is 5.73 Å². The molecular weight excluding hydrogens is 210 g/mol. The van der Waals surface area contributed by atoms with E-state index in [1.54, 1.807) is 11.3 Å². The molecule has 0 saturated heterocycles. The summed E-state index contributed by atoms with van der Waals surface area (Å²) in [7, 11) is 0. The lowest BCUT2D eigenvalue weighted by molar-refractivity contribution is 0.372. The molecule has 5 heteroatoms. The standard InChI is InChI=1S/C10H13N3OS/c1-6-4-15-5-8(6)10-12-9(14-13-10)3-7(2)11/h4-5,7H,3,11H2,1-2H3. The molecule has 0 aliphatic rings. The van der Waals surface area contributed by atoms with Crippen molar-refractivity contribution in [3.63, 3.8) is 0 Å². The average Bonchev–Trinajstić information content (AvgIpc) is 2.72. The second-order valence-corrected chi connectivity index (χ2v) is 4.41. The maximum atomic E-state index is 5.66. The largest absolute Gasteiger partial charge is 0.339 e. The third-order valence-corrected chi connectivity index (χ3v) is 2.92. The molecule has 0 spiro atoms. The molecule has 0 fully saturated rings. The summed E-state index contributed by atoms with van der Waals surface area (Å²) in [5.41, 5.74) is 7.87. The number of aromatic nitrogens is 2. The fraction of sp³-hybridized carbons (Fsp3) is 0.400. The van der Waals surface area contributed by atoms with E-state index in [-0.39, 0.29) is 6.04 Å². The van der Waals surface area contributed by atoms with Gasteiger partial charge < -0.3 is 10.3 Å². The van der Waals surface area contributed by atoms with E-state index < -0.39 is 0 Å². The smallest absolute Gasteiger partial charge is 0.228 e. The topological polar surface area (TPSA) is 64.9 Å². The Morgan fingerprint density at radius 3 is 2.93 bits per heavy atom. The molecule has 15 heavy (non-hydrogen) atoms. The van der Waals surface area contributed by atoms with Gasteiger partial charge >= 0.3 is 0 Å². The van der Waals surface area contributed by atoms with Gasteiger partial charge in [-0.3, -0.25) is 0 Å². The summed E-state index contributed by atoms with van der Waals surface area (Å²) >= 11 is 1.64. The lowest BCUT2D eigenvalue weighted by Gasteiger charge is -1.96. The maximum Gasteiger partial charge on any atom is 0.228 e. The van der Waals surface area contributed by atoms with Crippen molar-refractivity contribution in [3.05, 3.63) is 22.2 Å². The SMILES string of the molecule is Cc1cscc1-c1noc(CC(C)N)n1. The molecule has 0 aliphatic heterocycles. The van der Waals surface area contributed by atoms with Crippen molar-refractivity contribution in [1.29, 1.82) is 0 Å². The molecule has 2 aromatic heterocycles. The van der Waals surface area contributed by atoms with E-state index in [1.807, 2.05) is 19.2 Å². The van der Waals surface area contributed by atoms with E-state index >= 15 is 0 Å². The highest BCUT2D eigenvalue weighted by molar-refractivity contribution is 7.08. The van der Waals surface area contributed by atoms with Crippen molar-refractivity contribution in [3.8, 4) is 11.4 Å². The summed E-state index contributed by atoms with van der Waals surface area (Å²) in [6, 6.07) is 0.0434. The zero-order valence-electron chi connectivity index (χ0n) is 8.73. The Balaban J connectivity index is 2.24. The molecule has 2 N–H and O–H groups in total. The molecule has 2 heterocycles. The molecule has 0 aliphatic carbocycles. The van der Waals surface area contributed by atoms with E-state index in [1.165, 1.54) is 5.56 Å². The summed E-state index contributed by atoms with van der Waals surface area (Å²) in [4.78, 5) is 4.30. The van der Waals surface area contributed by atoms with Gasteiger partial charge in [0.1, 0.15) is 0 Å². The number of hydrogen-bond donors (Lipinski definition) is 1. The molecule has 1 unspecified atom stereocenters. The van der Waals surface area contributed by atoms with Gasteiger partial charge in [-0.15, -0.1) is 0 Å². The van der Waals surface area contributed by atoms with Crippen LogP contribution in [-0.2, 0) is 6.42 Å². The first-order valence-electron chi connectivity index (χ1n) is 4.78. The third kappa shape index (κ3) is 2.24. The third-order valence-electron chi connectivity index (χ3n) is 2.06. The van der Waals surface area contributed by atoms with E-state index in [4.69, 9.17) is 10.3 Å². The van der Waals surface area contributed by atoms with Crippen LogP contribution in [0.3, 0.4) is 0 Å². The van der Waals surface area contributed by atoms with Gasteiger partial charge in [0.05, 0.1) is 0 Å². The molecule has 0 saturated carbocycles. The van der Waals surface area contributed by atoms with Crippen LogP contribution in [0.4, 0.5) is 0 Å². The Morgan fingerprint density at radius 1 is 1.53 bits per heavy atom. The Kier molecular flexibility index (Phi) is 2.83. The predicted octanol–water partition coefficient (Wildman–Crippen LogP) is 2.00.